The van der Waals surface area contributed by atoms with E-state index in [0.29, 0.717) is 6.54 Å². The summed E-state index contributed by atoms with van der Waals surface area (Å²) in [4.78, 5) is 24.8. The molecule has 0 aliphatic carbocycles. The van der Waals surface area contributed by atoms with E-state index in [1.807, 2.05) is 27.7 Å². The molecule has 0 spiro atoms. The van der Waals surface area contributed by atoms with Gasteiger partial charge in [0.25, 0.3) is 0 Å². The zero-order valence-corrected chi connectivity index (χ0v) is 14.7. The van der Waals surface area contributed by atoms with Gasteiger partial charge in [-0.2, -0.15) is 0 Å². The van der Waals surface area contributed by atoms with Crippen LogP contribution in [0.25, 0.3) is 10.9 Å². The number of fused-ring (bicyclic) bond motifs is 1. The lowest BCUT2D eigenvalue weighted by Gasteiger charge is -2.23. The molecule has 0 saturated carbocycles. The minimum Gasteiger partial charge on any atom is -0.481 e. The Kier molecular flexibility index (Phi) is 4.91. The van der Waals surface area contributed by atoms with Gasteiger partial charge in [0.1, 0.15) is 6.04 Å². The lowest BCUT2D eigenvalue weighted by molar-refractivity contribution is -0.143. The summed E-state index contributed by atoms with van der Waals surface area (Å²) >= 11 is 3.43. The average molecular weight is 395 g/mol. The van der Waals surface area contributed by atoms with Crippen molar-refractivity contribution in [3.8, 4) is 0 Å². The number of carboxylic acids is 2. The molecule has 7 heteroatoms. The van der Waals surface area contributed by atoms with E-state index in [1.165, 1.54) is 0 Å². The first-order valence-electron chi connectivity index (χ1n) is 7.94. The van der Waals surface area contributed by atoms with E-state index in [9.17, 15) is 14.7 Å². The molecule has 1 aliphatic heterocycles. The summed E-state index contributed by atoms with van der Waals surface area (Å²) in [5, 5.41) is 19.6. The van der Waals surface area contributed by atoms with E-state index in [-0.39, 0.29) is 6.42 Å². The molecule has 3 rings (SSSR count). The second kappa shape index (κ2) is 6.94. The van der Waals surface area contributed by atoms with Crippen LogP contribution in [0, 0.1) is 0 Å². The first kappa shape index (κ1) is 17.0. The van der Waals surface area contributed by atoms with Gasteiger partial charge in [0, 0.05) is 33.7 Å². The standard InChI is InChI=1S/C17H19BrN2O4/c18-11-3-4-12-13(16(17(23)24)19-6-1-2-7-19)10-20(14(12)9-11)8-5-15(21)22/h3-4,9-10,16H,1-2,5-8H2,(H,21,22)(H,23,24)/t16-/m1/s1. The molecular formula is C17H19BrN2O4. The molecule has 2 aromatic rings. The Morgan fingerprint density at radius 2 is 1.92 bits per heavy atom. The van der Waals surface area contributed by atoms with Crippen LogP contribution < -0.4 is 0 Å². The molecule has 2 heterocycles. The Morgan fingerprint density at radius 1 is 1.21 bits per heavy atom. The highest BCUT2D eigenvalue weighted by atomic mass is 79.9. The quantitative estimate of drug-likeness (QED) is 0.786. The number of carbonyl (C=O) groups is 2. The van der Waals surface area contributed by atoms with Gasteiger partial charge in [-0.25, -0.2) is 0 Å². The van der Waals surface area contributed by atoms with Crippen molar-refractivity contribution in [1.82, 2.24) is 9.47 Å². The summed E-state index contributed by atoms with van der Waals surface area (Å²) < 4.78 is 2.72. The Hall–Kier alpha value is -1.86. The van der Waals surface area contributed by atoms with Crippen LogP contribution in [-0.2, 0) is 16.1 Å². The summed E-state index contributed by atoms with van der Waals surface area (Å²) in [6.07, 6.45) is 3.81. The number of nitrogens with zero attached hydrogens (tertiary/aromatic N) is 2. The summed E-state index contributed by atoms with van der Waals surface area (Å²) in [6.45, 7) is 1.86. The highest BCUT2D eigenvalue weighted by molar-refractivity contribution is 9.10. The number of hydrogen-bond acceptors (Lipinski definition) is 3. The Bertz CT molecular complexity index is 780. The van der Waals surface area contributed by atoms with E-state index in [0.717, 1.165) is 46.9 Å². The number of rotatable bonds is 6. The molecule has 1 fully saturated rings. The third kappa shape index (κ3) is 3.32. The number of aromatic nitrogens is 1. The average Bonchev–Trinajstić information content (AvgIpc) is 3.14. The smallest absolute Gasteiger partial charge is 0.325 e. The minimum absolute atomic E-state index is 0.00279. The normalized spacial score (nSPS) is 16.5. The Balaban J connectivity index is 2.08. The molecule has 0 bridgehead atoms. The lowest BCUT2D eigenvalue weighted by Crippen LogP contribution is -2.31. The van der Waals surface area contributed by atoms with Crippen LogP contribution in [0.2, 0.25) is 0 Å². The molecule has 1 atom stereocenters. The monoisotopic (exact) mass is 394 g/mol. The van der Waals surface area contributed by atoms with Crippen LogP contribution in [0.15, 0.2) is 28.9 Å². The summed E-state index contributed by atoms with van der Waals surface area (Å²) in [5.74, 6) is -1.74. The van der Waals surface area contributed by atoms with Crippen molar-refractivity contribution in [2.45, 2.75) is 31.8 Å². The molecule has 0 unspecified atom stereocenters. The van der Waals surface area contributed by atoms with Crippen molar-refractivity contribution < 1.29 is 19.8 Å². The zero-order valence-electron chi connectivity index (χ0n) is 13.1. The Labute approximate surface area is 147 Å². The number of aliphatic carboxylic acids is 2. The van der Waals surface area contributed by atoms with Crippen molar-refractivity contribution in [2.75, 3.05) is 13.1 Å². The second-order valence-electron chi connectivity index (χ2n) is 6.07. The summed E-state index contributed by atoms with van der Waals surface area (Å²) in [7, 11) is 0. The van der Waals surface area contributed by atoms with Crippen LogP contribution in [-0.4, -0.2) is 44.7 Å². The van der Waals surface area contributed by atoms with E-state index in [2.05, 4.69) is 15.9 Å². The molecular weight excluding hydrogens is 376 g/mol. The third-order valence-corrected chi connectivity index (χ3v) is 4.97. The van der Waals surface area contributed by atoms with Gasteiger partial charge < -0.3 is 14.8 Å². The molecule has 128 valence electrons. The van der Waals surface area contributed by atoms with Crippen LogP contribution in [0.4, 0.5) is 0 Å². The van der Waals surface area contributed by atoms with Gasteiger partial charge in [-0.1, -0.05) is 22.0 Å². The fourth-order valence-electron chi connectivity index (χ4n) is 3.40. The molecule has 1 aliphatic rings. The fourth-order valence-corrected chi connectivity index (χ4v) is 3.75. The van der Waals surface area contributed by atoms with E-state index >= 15 is 0 Å². The largest absolute Gasteiger partial charge is 0.481 e. The molecule has 1 saturated heterocycles. The molecule has 6 nitrogen and oxygen atoms in total. The lowest BCUT2D eigenvalue weighted by atomic mass is 10.0. The number of hydrogen-bond donors (Lipinski definition) is 2. The molecule has 24 heavy (non-hydrogen) atoms. The highest BCUT2D eigenvalue weighted by Crippen LogP contribution is 2.34. The minimum atomic E-state index is -0.872. The molecule has 1 aromatic carbocycles. The van der Waals surface area contributed by atoms with Gasteiger partial charge in [-0.3, -0.25) is 14.5 Å². The number of carboxylic acid groups (broad SMARTS) is 2. The van der Waals surface area contributed by atoms with Crippen LogP contribution in [0.5, 0.6) is 0 Å². The number of likely N-dealkylation sites (tertiary alicyclic amines) is 1. The summed E-state index contributed by atoms with van der Waals surface area (Å²) in [5.41, 5.74) is 1.59. The van der Waals surface area contributed by atoms with Gasteiger partial charge >= 0.3 is 11.9 Å². The fraction of sp³-hybridized carbons (Fsp3) is 0.412. The van der Waals surface area contributed by atoms with Crippen LogP contribution >= 0.6 is 15.9 Å². The van der Waals surface area contributed by atoms with Gasteiger partial charge in [0.15, 0.2) is 0 Å². The third-order valence-electron chi connectivity index (χ3n) is 4.48. The van der Waals surface area contributed by atoms with Crippen molar-refractivity contribution in [2.24, 2.45) is 0 Å². The van der Waals surface area contributed by atoms with Crippen molar-refractivity contribution in [3.63, 3.8) is 0 Å². The number of aryl methyl sites for hydroxylation is 1. The molecule has 0 amide bonds. The van der Waals surface area contributed by atoms with E-state index in [1.54, 1.807) is 6.20 Å². The van der Waals surface area contributed by atoms with Gasteiger partial charge in [-0.15, -0.1) is 0 Å². The van der Waals surface area contributed by atoms with E-state index in [4.69, 9.17) is 5.11 Å². The number of halogens is 1. The van der Waals surface area contributed by atoms with Crippen molar-refractivity contribution >= 4 is 38.8 Å². The maximum absolute atomic E-state index is 11.9. The number of benzene rings is 1. The van der Waals surface area contributed by atoms with E-state index < -0.39 is 18.0 Å². The van der Waals surface area contributed by atoms with Crippen LogP contribution in [0.3, 0.4) is 0 Å². The maximum atomic E-state index is 11.9. The maximum Gasteiger partial charge on any atom is 0.325 e. The first-order valence-corrected chi connectivity index (χ1v) is 8.73. The predicted octanol–water partition coefficient (Wildman–Crippen LogP) is 3.10. The Morgan fingerprint density at radius 3 is 2.54 bits per heavy atom. The second-order valence-corrected chi connectivity index (χ2v) is 6.98. The predicted molar refractivity (Wildman–Crippen MR) is 93.1 cm³/mol. The van der Waals surface area contributed by atoms with Gasteiger partial charge in [0.05, 0.1) is 6.42 Å². The SMILES string of the molecule is O=C(O)CCn1cc([C@H](C(=O)O)N2CCCC2)c2ccc(Br)cc21. The van der Waals surface area contributed by atoms with Gasteiger partial charge in [0.2, 0.25) is 0 Å². The first-order chi connectivity index (χ1) is 11.5. The highest BCUT2D eigenvalue weighted by Gasteiger charge is 2.32. The molecule has 0 radical (unpaired) electrons. The van der Waals surface area contributed by atoms with Crippen molar-refractivity contribution in [3.05, 3.63) is 34.4 Å². The topological polar surface area (TPSA) is 82.8 Å². The summed E-state index contributed by atoms with van der Waals surface area (Å²) in [6, 6.07) is 5.00. The molecule has 1 aromatic heterocycles. The van der Waals surface area contributed by atoms with Crippen LogP contribution in [0.1, 0.15) is 30.9 Å². The molecule has 2 N–H and O–H groups in total. The van der Waals surface area contributed by atoms with Crippen molar-refractivity contribution in [1.29, 1.82) is 0 Å². The van der Waals surface area contributed by atoms with Gasteiger partial charge in [-0.05, 0) is 38.1 Å². The zero-order chi connectivity index (χ0) is 17.3.